The van der Waals surface area contributed by atoms with Crippen molar-refractivity contribution in [3.63, 3.8) is 0 Å². The Morgan fingerprint density at radius 1 is 0.812 bits per heavy atom. The molecule has 3 saturated carbocycles. The van der Waals surface area contributed by atoms with Crippen LogP contribution in [0.25, 0.3) is 0 Å². The summed E-state index contributed by atoms with van der Waals surface area (Å²) in [5.74, 6) is 5.39. The zero-order valence-corrected chi connectivity index (χ0v) is 9.89. The SMILES string of the molecule is O[C@H]1CC=CC[C@H]2[C@@H]3C[C@H]([C@H]4CCC[C@@H]34)[C@H]21. The summed E-state index contributed by atoms with van der Waals surface area (Å²) in [6, 6.07) is 0. The first-order valence-electron chi connectivity index (χ1n) is 7.19. The zero-order valence-electron chi connectivity index (χ0n) is 9.89. The molecule has 16 heavy (non-hydrogen) atoms. The van der Waals surface area contributed by atoms with E-state index in [4.69, 9.17) is 0 Å². The molecule has 0 radical (unpaired) electrons. The Kier molecular flexibility index (Phi) is 2.03. The van der Waals surface area contributed by atoms with Crippen LogP contribution in [0.1, 0.15) is 38.5 Å². The molecule has 0 heterocycles. The third-order valence-electron chi connectivity index (χ3n) is 6.20. The maximum Gasteiger partial charge on any atom is 0.0608 e. The molecule has 2 bridgehead atoms. The summed E-state index contributed by atoms with van der Waals surface area (Å²) in [7, 11) is 0. The first-order valence-corrected chi connectivity index (χ1v) is 7.19. The van der Waals surface area contributed by atoms with Gasteiger partial charge in [0.15, 0.2) is 0 Å². The van der Waals surface area contributed by atoms with E-state index in [-0.39, 0.29) is 6.10 Å². The summed E-state index contributed by atoms with van der Waals surface area (Å²) >= 11 is 0. The summed E-state index contributed by atoms with van der Waals surface area (Å²) in [5, 5.41) is 10.4. The molecule has 0 saturated heterocycles. The van der Waals surface area contributed by atoms with Crippen molar-refractivity contribution in [3.8, 4) is 0 Å². The Hall–Kier alpha value is -0.300. The minimum absolute atomic E-state index is 0.0275. The van der Waals surface area contributed by atoms with E-state index in [0.717, 1.165) is 36.0 Å². The molecule has 88 valence electrons. The normalized spacial score (nSPS) is 58.4. The van der Waals surface area contributed by atoms with Crippen LogP contribution in [0.4, 0.5) is 0 Å². The van der Waals surface area contributed by atoms with E-state index >= 15 is 0 Å². The van der Waals surface area contributed by atoms with E-state index in [1.54, 1.807) is 0 Å². The molecule has 7 atom stereocenters. The molecule has 0 spiro atoms. The number of hydrogen-bond acceptors (Lipinski definition) is 1. The average molecular weight is 218 g/mol. The first-order chi connectivity index (χ1) is 7.86. The van der Waals surface area contributed by atoms with Gasteiger partial charge in [-0.25, -0.2) is 0 Å². The highest BCUT2D eigenvalue weighted by Gasteiger charge is 2.59. The van der Waals surface area contributed by atoms with Gasteiger partial charge in [-0.15, -0.1) is 0 Å². The van der Waals surface area contributed by atoms with Crippen molar-refractivity contribution in [2.75, 3.05) is 0 Å². The fraction of sp³-hybridized carbons (Fsp3) is 0.867. The molecule has 0 amide bonds. The molecular formula is C15H22O. The lowest BCUT2D eigenvalue weighted by Crippen LogP contribution is -2.38. The minimum Gasteiger partial charge on any atom is -0.392 e. The molecule has 0 aliphatic heterocycles. The predicted molar refractivity (Wildman–Crippen MR) is 63.8 cm³/mol. The topological polar surface area (TPSA) is 20.2 Å². The van der Waals surface area contributed by atoms with Crippen LogP contribution in [-0.4, -0.2) is 11.2 Å². The highest BCUT2D eigenvalue weighted by Crippen LogP contribution is 2.65. The van der Waals surface area contributed by atoms with Crippen molar-refractivity contribution in [1.29, 1.82) is 0 Å². The third kappa shape index (κ3) is 1.11. The lowest BCUT2D eigenvalue weighted by atomic mass is 9.67. The second-order valence-corrected chi connectivity index (χ2v) is 6.57. The quantitative estimate of drug-likeness (QED) is 0.620. The lowest BCUT2D eigenvalue weighted by Gasteiger charge is -2.39. The Labute approximate surface area is 97.9 Å². The van der Waals surface area contributed by atoms with Gasteiger partial charge in [0.25, 0.3) is 0 Å². The van der Waals surface area contributed by atoms with Gasteiger partial charge in [0.05, 0.1) is 6.10 Å². The number of fused-ring (bicyclic) bond motifs is 8. The number of allylic oxidation sites excluding steroid dienone is 1. The van der Waals surface area contributed by atoms with Crippen molar-refractivity contribution < 1.29 is 5.11 Å². The average Bonchev–Trinajstić information content (AvgIpc) is 2.91. The van der Waals surface area contributed by atoms with Gasteiger partial charge in [-0.2, -0.15) is 0 Å². The van der Waals surface area contributed by atoms with E-state index in [0.29, 0.717) is 5.92 Å². The summed E-state index contributed by atoms with van der Waals surface area (Å²) in [6.45, 7) is 0. The Balaban J connectivity index is 1.69. The standard InChI is InChI=1S/C15H22O/c16-14-7-2-1-4-11-12-8-13(15(11)14)10-6-3-5-9(10)12/h1-2,9-16H,3-8H2/t9-,10+,11+,12-,13-,14+,15+/m1/s1. The highest BCUT2D eigenvalue weighted by atomic mass is 16.3. The molecule has 0 aromatic heterocycles. The van der Waals surface area contributed by atoms with Crippen LogP contribution in [-0.2, 0) is 0 Å². The van der Waals surface area contributed by atoms with Gasteiger partial charge in [0, 0.05) is 0 Å². The van der Waals surface area contributed by atoms with Gasteiger partial charge in [0.2, 0.25) is 0 Å². The summed E-state index contributed by atoms with van der Waals surface area (Å²) in [4.78, 5) is 0. The smallest absolute Gasteiger partial charge is 0.0608 e. The molecule has 1 heteroatoms. The van der Waals surface area contributed by atoms with Crippen LogP contribution in [0.2, 0.25) is 0 Å². The number of aliphatic hydroxyl groups excluding tert-OH is 1. The van der Waals surface area contributed by atoms with Crippen molar-refractivity contribution in [3.05, 3.63) is 12.2 Å². The van der Waals surface area contributed by atoms with E-state index in [1.165, 1.54) is 32.1 Å². The van der Waals surface area contributed by atoms with Gasteiger partial charge in [-0.05, 0) is 67.6 Å². The maximum atomic E-state index is 10.4. The first kappa shape index (κ1) is 9.70. The molecule has 3 fully saturated rings. The second-order valence-electron chi connectivity index (χ2n) is 6.57. The Bertz CT molecular complexity index is 321. The molecule has 0 aromatic carbocycles. The van der Waals surface area contributed by atoms with Crippen molar-refractivity contribution in [1.82, 2.24) is 0 Å². The summed E-state index contributed by atoms with van der Waals surface area (Å²) < 4.78 is 0. The monoisotopic (exact) mass is 218 g/mol. The molecule has 0 aromatic rings. The summed E-state index contributed by atoms with van der Waals surface area (Å²) in [5.41, 5.74) is 0. The Morgan fingerprint density at radius 3 is 2.44 bits per heavy atom. The highest BCUT2D eigenvalue weighted by molar-refractivity contribution is 5.11. The largest absolute Gasteiger partial charge is 0.392 e. The van der Waals surface area contributed by atoms with Crippen molar-refractivity contribution in [2.24, 2.45) is 35.5 Å². The molecule has 0 unspecified atom stereocenters. The Morgan fingerprint density at radius 2 is 1.56 bits per heavy atom. The summed E-state index contributed by atoms with van der Waals surface area (Å²) in [6.07, 6.45) is 12.6. The van der Waals surface area contributed by atoms with Gasteiger partial charge >= 0.3 is 0 Å². The fourth-order valence-corrected chi connectivity index (χ4v) is 5.83. The molecular weight excluding hydrogens is 196 g/mol. The van der Waals surface area contributed by atoms with Crippen LogP contribution in [0.5, 0.6) is 0 Å². The molecule has 1 nitrogen and oxygen atoms in total. The number of aliphatic hydroxyl groups is 1. The van der Waals surface area contributed by atoms with Crippen LogP contribution in [0.15, 0.2) is 12.2 Å². The zero-order chi connectivity index (χ0) is 10.7. The molecule has 1 N–H and O–H groups in total. The fourth-order valence-electron chi connectivity index (χ4n) is 5.83. The van der Waals surface area contributed by atoms with Crippen molar-refractivity contribution >= 4 is 0 Å². The lowest BCUT2D eigenvalue weighted by molar-refractivity contribution is 0.0108. The maximum absolute atomic E-state index is 10.4. The number of hydrogen-bond donors (Lipinski definition) is 1. The molecule has 4 aliphatic carbocycles. The van der Waals surface area contributed by atoms with E-state index < -0.39 is 0 Å². The minimum atomic E-state index is -0.0275. The van der Waals surface area contributed by atoms with Crippen LogP contribution in [0.3, 0.4) is 0 Å². The van der Waals surface area contributed by atoms with Crippen LogP contribution >= 0.6 is 0 Å². The third-order valence-corrected chi connectivity index (χ3v) is 6.20. The molecule has 4 rings (SSSR count). The predicted octanol–water partition coefficient (Wildman–Crippen LogP) is 3.00. The van der Waals surface area contributed by atoms with Gasteiger partial charge in [-0.3, -0.25) is 0 Å². The van der Waals surface area contributed by atoms with Gasteiger partial charge in [0.1, 0.15) is 0 Å². The van der Waals surface area contributed by atoms with Gasteiger partial charge in [-0.1, -0.05) is 18.6 Å². The van der Waals surface area contributed by atoms with Crippen molar-refractivity contribution in [2.45, 2.75) is 44.6 Å². The van der Waals surface area contributed by atoms with Crippen LogP contribution < -0.4 is 0 Å². The van der Waals surface area contributed by atoms with E-state index in [1.807, 2.05) is 0 Å². The van der Waals surface area contributed by atoms with Crippen LogP contribution in [0, 0.1) is 35.5 Å². The van der Waals surface area contributed by atoms with E-state index in [9.17, 15) is 5.11 Å². The number of rotatable bonds is 0. The van der Waals surface area contributed by atoms with Gasteiger partial charge < -0.3 is 5.11 Å². The molecule has 4 aliphatic rings. The van der Waals surface area contributed by atoms with E-state index in [2.05, 4.69) is 12.2 Å². The second kappa shape index (κ2) is 3.35.